The summed E-state index contributed by atoms with van der Waals surface area (Å²) in [6.45, 7) is 5.11. The number of halogens is 3. The Morgan fingerprint density at radius 3 is 2.50 bits per heavy atom. The molecule has 2 aromatic rings. The first kappa shape index (κ1) is 26.2. The predicted octanol–water partition coefficient (Wildman–Crippen LogP) is 4.25. The van der Waals surface area contributed by atoms with Gasteiger partial charge in [-0.15, -0.1) is 0 Å². The first-order chi connectivity index (χ1) is 17.0. The number of likely N-dealkylation sites (tertiary alicyclic amines) is 1. The smallest absolute Gasteiger partial charge is 0.369 e. The lowest BCUT2D eigenvalue weighted by atomic mass is 9.88. The Labute approximate surface area is 209 Å². The molecule has 1 saturated heterocycles. The van der Waals surface area contributed by atoms with Crippen LogP contribution in [0.2, 0.25) is 0 Å². The van der Waals surface area contributed by atoms with Crippen molar-refractivity contribution in [2.24, 2.45) is 11.7 Å². The fraction of sp³-hybridized carbons (Fsp3) is 0.481. The SMILES string of the molecule is C[C@H]1CN(CC(N)=O)Cc2cc(C(=O)Nc3ccc(CC4CCN(C)CC4)c(C(F)(F)F)c3)ccc21. The maximum absolute atomic E-state index is 13.9. The van der Waals surface area contributed by atoms with Gasteiger partial charge in [0.15, 0.2) is 0 Å². The molecule has 0 saturated carbocycles. The number of amides is 2. The Bertz CT molecular complexity index is 1130. The van der Waals surface area contributed by atoms with E-state index < -0.39 is 23.6 Å². The average Bonchev–Trinajstić information content (AvgIpc) is 2.80. The fourth-order valence-corrected chi connectivity index (χ4v) is 5.37. The lowest BCUT2D eigenvalue weighted by molar-refractivity contribution is -0.138. The molecule has 4 rings (SSSR count). The average molecular weight is 503 g/mol. The number of primary amides is 1. The van der Waals surface area contributed by atoms with Crippen molar-refractivity contribution in [1.29, 1.82) is 0 Å². The first-order valence-electron chi connectivity index (χ1n) is 12.3. The standard InChI is InChI=1S/C27H33F3N4O2/c1-17-14-34(16-25(31)35)15-21-12-20(4-6-23(17)21)26(36)32-22-5-3-19(24(13-22)27(28,29)30)11-18-7-9-33(2)10-8-18/h3-6,12-13,17-18H,7-11,14-16H2,1-2H3,(H2,31,35)(H,32,36)/t17-/m0/s1. The number of hydrogen-bond acceptors (Lipinski definition) is 4. The minimum absolute atomic E-state index is 0.112. The summed E-state index contributed by atoms with van der Waals surface area (Å²) < 4.78 is 41.7. The number of carbonyl (C=O) groups is 2. The van der Waals surface area contributed by atoms with E-state index in [9.17, 15) is 22.8 Å². The van der Waals surface area contributed by atoms with Crippen LogP contribution in [-0.2, 0) is 23.9 Å². The summed E-state index contributed by atoms with van der Waals surface area (Å²) in [7, 11) is 2.02. The van der Waals surface area contributed by atoms with E-state index in [1.54, 1.807) is 18.2 Å². The molecular formula is C27H33F3N4O2. The van der Waals surface area contributed by atoms with E-state index in [0.717, 1.165) is 43.1 Å². The van der Waals surface area contributed by atoms with Gasteiger partial charge in [-0.3, -0.25) is 14.5 Å². The van der Waals surface area contributed by atoms with Gasteiger partial charge in [-0.05, 0) is 92.2 Å². The van der Waals surface area contributed by atoms with E-state index in [-0.39, 0.29) is 29.6 Å². The minimum atomic E-state index is -4.51. The van der Waals surface area contributed by atoms with Gasteiger partial charge in [0, 0.05) is 24.3 Å². The fourth-order valence-electron chi connectivity index (χ4n) is 5.37. The van der Waals surface area contributed by atoms with Gasteiger partial charge in [0.25, 0.3) is 5.91 Å². The second kappa shape index (κ2) is 10.6. The zero-order valence-electron chi connectivity index (χ0n) is 20.7. The van der Waals surface area contributed by atoms with Crippen molar-refractivity contribution >= 4 is 17.5 Å². The van der Waals surface area contributed by atoms with Crippen LogP contribution in [0.25, 0.3) is 0 Å². The van der Waals surface area contributed by atoms with Crippen molar-refractivity contribution in [3.05, 3.63) is 64.2 Å². The highest BCUT2D eigenvalue weighted by Crippen LogP contribution is 2.36. The van der Waals surface area contributed by atoms with E-state index in [1.807, 2.05) is 24.9 Å². The molecule has 0 radical (unpaired) electrons. The summed E-state index contributed by atoms with van der Waals surface area (Å²) in [6, 6.07) is 9.39. The molecule has 2 aromatic carbocycles. The van der Waals surface area contributed by atoms with Gasteiger partial charge in [0.05, 0.1) is 12.1 Å². The van der Waals surface area contributed by atoms with Gasteiger partial charge >= 0.3 is 6.18 Å². The third-order valence-electron chi connectivity index (χ3n) is 7.26. The quantitative estimate of drug-likeness (QED) is 0.619. The van der Waals surface area contributed by atoms with Gasteiger partial charge in [-0.2, -0.15) is 13.2 Å². The third kappa shape index (κ3) is 6.25. The number of nitrogens with two attached hydrogens (primary N) is 1. The van der Waals surface area contributed by atoms with Crippen molar-refractivity contribution in [2.45, 2.75) is 44.8 Å². The number of piperidine rings is 1. The Hall–Kier alpha value is -2.91. The summed E-state index contributed by atoms with van der Waals surface area (Å²) in [5.41, 5.74) is 7.38. The zero-order chi connectivity index (χ0) is 26.0. The molecule has 194 valence electrons. The van der Waals surface area contributed by atoms with Crippen LogP contribution in [0.4, 0.5) is 18.9 Å². The van der Waals surface area contributed by atoms with Crippen molar-refractivity contribution < 1.29 is 22.8 Å². The number of nitrogens with zero attached hydrogens (tertiary/aromatic N) is 2. The summed E-state index contributed by atoms with van der Waals surface area (Å²) in [5, 5.41) is 2.64. The van der Waals surface area contributed by atoms with E-state index in [2.05, 4.69) is 10.2 Å². The summed E-state index contributed by atoms with van der Waals surface area (Å²) in [6.07, 6.45) is -2.38. The second-order valence-electron chi connectivity index (χ2n) is 10.2. The molecule has 1 fully saturated rings. The van der Waals surface area contributed by atoms with Gasteiger partial charge in [0.1, 0.15) is 0 Å². The van der Waals surface area contributed by atoms with E-state index in [1.165, 1.54) is 6.07 Å². The first-order valence-corrected chi connectivity index (χ1v) is 12.3. The lowest BCUT2D eigenvalue weighted by Crippen LogP contribution is -2.38. The molecule has 6 nitrogen and oxygen atoms in total. The number of hydrogen-bond donors (Lipinski definition) is 2. The van der Waals surface area contributed by atoms with E-state index >= 15 is 0 Å². The molecule has 2 aliphatic rings. The number of nitrogens with one attached hydrogen (secondary N) is 1. The molecule has 9 heteroatoms. The number of rotatable bonds is 6. The van der Waals surface area contributed by atoms with Gasteiger partial charge in [-0.25, -0.2) is 0 Å². The summed E-state index contributed by atoms with van der Waals surface area (Å²) in [4.78, 5) is 28.4. The Balaban J connectivity index is 1.51. The molecule has 0 bridgehead atoms. The number of benzene rings is 2. The molecule has 0 spiro atoms. The Morgan fingerprint density at radius 1 is 1.11 bits per heavy atom. The Kier molecular flexibility index (Phi) is 7.70. The van der Waals surface area contributed by atoms with Crippen LogP contribution >= 0.6 is 0 Å². The second-order valence-corrected chi connectivity index (χ2v) is 10.2. The molecule has 1 atom stereocenters. The summed E-state index contributed by atoms with van der Waals surface area (Å²) >= 11 is 0. The van der Waals surface area contributed by atoms with Gasteiger partial charge in [0.2, 0.25) is 5.91 Å². The van der Waals surface area contributed by atoms with Crippen LogP contribution in [0.15, 0.2) is 36.4 Å². The molecule has 0 unspecified atom stereocenters. The van der Waals surface area contributed by atoms with Crippen molar-refractivity contribution in [3.8, 4) is 0 Å². The van der Waals surface area contributed by atoms with Crippen LogP contribution in [0.3, 0.4) is 0 Å². The van der Waals surface area contributed by atoms with Crippen LogP contribution in [0, 0.1) is 5.92 Å². The highest BCUT2D eigenvalue weighted by Gasteiger charge is 2.34. The van der Waals surface area contributed by atoms with E-state index in [4.69, 9.17) is 5.73 Å². The summed E-state index contributed by atoms with van der Waals surface area (Å²) in [5.74, 6) is -0.514. The number of carbonyl (C=O) groups excluding carboxylic acids is 2. The van der Waals surface area contributed by atoms with Gasteiger partial charge < -0.3 is 16.0 Å². The molecule has 3 N–H and O–H groups in total. The lowest BCUT2D eigenvalue weighted by Gasteiger charge is -2.32. The maximum Gasteiger partial charge on any atom is 0.416 e. The zero-order valence-corrected chi connectivity index (χ0v) is 20.7. The molecule has 2 amide bonds. The molecule has 0 aromatic heterocycles. The van der Waals surface area contributed by atoms with E-state index in [0.29, 0.717) is 25.1 Å². The molecule has 36 heavy (non-hydrogen) atoms. The highest BCUT2D eigenvalue weighted by molar-refractivity contribution is 6.04. The predicted molar refractivity (Wildman–Crippen MR) is 133 cm³/mol. The van der Waals surface area contributed by atoms with Crippen LogP contribution in [0.1, 0.15) is 58.3 Å². The van der Waals surface area contributed by atoms with Crippen LogP contribution in [0.5, 0.6) is 0 Å². The monoisotopic (exact) mass is 502 g/mol. The third-order valence-corrected chi connectivity index (χ3v) is 7.26. The van der Waals surface area contributed by atoms with Crippen LogP contribution in [-0.4, -0.2) is 54.8 Å². The number of fused-ring (bicyclic) bond motifs is 1. The topological polar surface area (TPSA) is 78.7 Å². The maximum atomic E-state index is 13.9. The van der Waals surface area contributed by atoms with Gasteiger partial charge in [-0.1, -0.05) is 19.1 Å². The van der Waals surface area contributed by atoms with Crippen molar-refractivity contribution in [1.82, 2.24) is 9.80 Å². The highest BCUT2D eigenvalue weighted by atomic mass is 19.4. The molecule has 2 heterocycles. The minimum Gasteiger partial charge on any atom is -0.369 e. The normalized spacial score (nSPS) is 19.6. The molecule has 0 aliphatic carbocycles. The molecular weight excluding hydrogens is 469 g/mol. The Morgan fingerprint density at radius 2 is 1.83 bits per heavy atom. The molecule has 2 aliphatic heterocycles. The number of alkyl halides is 3. The van der Waals surface area contributed by atoms with Crippen molar-refractivity contribution in [2.75, 3.05) is 38.5 Å². The largest absolute Gasteiger partial charge is 0.416 e. The van der Waals surface area contributed by atoms with Crippen LogP contribution < -0.4 is 11.1 Å². The van der Waals surface area contributed by atoms with Crippen molar-refractivity contribution in [3.63, 3.8) is 0 Å². The number of anilines is 1.